The van der Waals surface area contributed by atoms with Crippen molar-refractivity contribution < 1.29 is 4.79 Å². The van der Waals surface area contributed by atoms with Gasteiger partial charge >= 0.3 is 0 Å². The van der Waals surface area contributed by atoms with Crippen molar-refractivity contribution in [2.24, 2.45) is 0 Å². The molecule has 2 rings (SSSR count). The summed E-state index contributed by atoms with van der Waals surface area (Å²) in [7, 11) is 3.87. The van der Waals surface area contributed by atoms with Gasteiger partial charge in [0.15, 0.2) is 0 Å². The van der Waals surface area contributed by atoms with Gasteiger partial charge in [0, 0.05) is 30.4 Å². The Balaban J connectivity index is 1.91. The van der Waals surface area contributed by atoms with Crippen molar-refractivity contribution in [3.63, 3.8) is 0 Å². The number of rotatable bonds is 5. The summed E-state index contributed by atoms with van der Waals surface area (Å²) < 4.78 is 0. The summed E-state index contributed by atoms with van der Waals surface area (Å²) in [5, 5.41) is 3.48. The van der Waals surface area contributed by atoms with E-state index in [1.165, 1.54) is 24.8 Å². The van der Waals surface area contributed by atoms with Crippen molar-refractivity contribution in [2.75, 3.05) is 20.4 Å². The zero-order valence-corrected chi connectivity index (χ0v) is 13.4. The number of nitrogens with zero attached hydrogens (tertiary/aromatic N) is 1. The van der Waals surface area contributed by atoms with Crippen LogP contribution in [0, 0.1) is 0 Å². The largest absolute Gasteiger partial charge is 0.355 e. The first-order valence-electron chi connectivity index (χ1n) is 7.18. The molecule has 1 amide bonds. The molecule has 0 saturated heterocycles. The number of carbonyl (C=O) groups excluding carboxylic acids is 1. The third kappa shape index (κ3) is 3.76. The molecule has 1 aliphatic rings. The Morgan fingerprint density at radius 2 is 2.05 bits per heavy atom. The molecule has 0 aromatic heterocycles. The number of carbonyl (C=O) groups is 1. The summed E-state index contributed by atoms with van der Waals surface area (Å²) in [6.07, 6.45) is 6.16. The van der Waals surface area contributed by atoms with Crippen LogP contribution in [0.15, 0.2) is 24.3 Å². The highest BCUT2D eigenvalue weighted by molar-refractivity contribution is 7.99. The van der Waals surface area contributed by atoms with Crippen molar-refractivity contribution in [2.45, 2.75) is 37.1 Å². The molecule has 1 aromatic carbocycles. The fraction of sp³-hybridized carbons (Fsp3) is 0.562. The first kappa shape index (κ1) is 15.4. The molecule has 4 heteroatoms. The topological polar surface area (TPSA) is 32.3 Å². The van der Waals surface area contributed by atoms with Crippen LogP contribution in [-0.2, 0) is 6.54 Å². The van der Waals surface area contributed by atoms with Gasteiger partial charge in [-0.1, -0.05) is 12.1 Å². The molecule has 0 aliphatic heterocycles. The lowest BCUT2D eigenvalue weighted by molar-refractivity contribution is 0.0963. The Morgan fingerprint density at radius 3 is 2.60 bits per heavy atom. The summed E-state index contributed by atoms with van der Waals surface area (Å²) in [4.78, 5) is 14.0. The van der Waals surface area contributed by atoms with E-state index in [1.807, 2.05) is 23.9 Å². The summed E-state index contributed by atoms with van der Waals surface area (Å²) in [5.41, 5.74) is 2.00. The number of hydrogen-bond donors (Lipinski definition) is 1. The van der Waals surface area contributed by atoms with E-state index in [0.717, 1.165) is 17.4 Å². The molecule has 110 valence electrons. The molecule has 1 saturated carbocycles. The average Bonchev–Trinajstić information content (AvgIpc) is 2.96. The monoisotopic (exact) mass is 292 g/mol. The van der Waals surface area contributed by atoms with Gasteiger partial charge in [-0.15, -0.1) is 0 Å². The fourth-order valence-electron chi connectivity index (χ4n) is 2.85. The zero-order valence-electron chi connectivity index (χ0n) is 12.6. The van der Waals surface area contributed by atoms with Gasteiger partial charge in [-0.2, -0.15) is 11.8 Å². The van der Waals surface area contributed by atoms with Crippen LogP contribution in [-0.4, -0.2) is 42.4 Å². The second-order valence-electron chi connectivity index (χ2n) is 5.52. The molecule has 1 aliphatic carbocycles. The van der Waals surface area contributed by atoms with Crippen LogP contribution in [0.2, 0.25) is 0 Å². The van der Waals surface area contributed by atoms with Crippen molar-refractivity contribution in [1.82, 2.24) is 10.2 Å². The van der Waals surface area contributed by atoms with E-state index >= 15 is 0 Å². The van der Waals surface area contributed by atoms with Gasteiger partial charge < -0.3 is 5.32 Å². The molecule has 0 bridgehead atoms. The Morgan fingerprint density at radius 1 is 1.35 bits per heavy atom. The lowest BCUT2D eigenvalue weighted by atomic mass is 10.1. The highest BCUT2D eigenvalue weighted by Gasteiger charge is 2.26. The lowest BCUT2D eigenvalue weighted by Crippen LogP contribution is -2.29. The van der Waals surface area contributed by atoms with Crippen LogP contribution in [0.4, 0.5) is 0 Å². The normalized spacial score (nSPS) is 22.2. The van der Waals surface area contributed by atoms with Gasteiger partial charge in [0.05, 0.1) is 0 Å². The van der Waals surface area contributed by atoms with Crippen LogP contribution in [0.5, 0.6) is 0 Å². The van der Waals surface area contributed by atoms with Crippen LogP contribution in [0.25, 0.3) is 0 Å². The van der Waals surface area contributed by atoms with Crippen LogP contribution in [0.1, 0.15) is 35.2 Å². The van der Waals surface area contributed by atoms with Crippen LogP contribution < -0.4 is 5.32 Å². The van der Waals surface area contributed by atoms with E-state index in [2.05, 4.69) is 35.7 Å². The quantitative estimate of drug-likeness (QED) is 0.905. The van der Waals surface area contributed by atoms with Gasteiger partial charge in [0.25, 0.3) is 5.91 Å². The van der Waals surface area contributed by atoms with E-state index in [-0.39, 0.29) is 5.91 Å². The molecule has 0 spiro atoms. The van der Waals surface area contributed by atoms with Gasteiger partial charge in [0.2, 0.25) is 0 Å². The standard InChI is InChI=1S/C16H24N2OS/c1-17-16(19)13-6-4-12(5-7-13)11-18(2)14-8-9-15(10-14)20-3/h4-7,14-15H,8-11H2,1-3H3,(H,17,19)/t14-,15+/m1/s1. The Bertz CT molecular complexity index is 446. The maximum absolute atomic E-state index is 11.5. The van der Waals surface area contributed by atoms with Gasteiger partial charge in [-0.3, -0.25) is 9.69 Å². The first-order chi connectivity index (χ1) is 9.63. The molecule has 3 nitrogen and oxygen atoms in total. The molecule has 2 atom stereocenters. The van der Waals surface area contributed by atoms with Gasteiger partial charge in [0.1, 0.15) is 0 Å². The number of hydrogen-bond acceptors (Lipinski definition) is 3. The number of benzene rings is 1. The minimum Gasteiger partial charge on any atom is -0.355 e. The maximum Gasteiger partial charge on any atom is 0.251 e. The van der Waals surface area contributed by atoms with E-state index in [4.69, 9.17) is 0 Å². The first-order valence-corrected chi connectivity index (χ1v) is 8.47. The molecule has 1 N–H and O–H groups in total. The molecule has 0 unspecified atom stereocenters. The Hall–Kier alpha value is -1.00. The van der Waals surface area contributed by atoms with Crippen molar-refractivity contribution in [1.29, 1.82) is 0 Å². The number of thioether (sulfide) groups is 1. The molecular weight excluding hydrogens is 268 g/mol. The van der Waals surface area contributed by atoms with Gasteiger partial charge in [-0.05, 0) is 50.3 Å². The highest BCUT2D eigenvalue weighted by Crippen LogP contribution is 2.31. The predicted molar refractivity (Wildman–Crippen MR) is 86.2 cm³/mol. The van der Waals surface area contributed by atoms with Gasteiger partial charge in [-0.25, -0.2) is 0 Å². The van der Waals surface area contributed by atoms with Crippen molar-refractivity contribution in [3.05, 3.63) is 35.4 Å². The average molecular weight is 292 g/mol. The summed E-state index contributed by atoms with van der Waals surface area (Å²) in [6, 6.07) is 8.62. The second kappa shape index (κ2) is 7.14. The van der Waals surface area contributed by atoms with Crippen molar-refractivity contribution in [3.8, 4) is 0 Å². The van der Waals surface area contributed by atoms with E-state index < -0.39 is 0 Å². The lowest BCUT2D eigenvalue weighted by Gasteiger charge is -2.24. The summed E-state index contributed by atoms with van der Waals surface area (Å²) in [5.74, 6) is -0.0245. The van der Waals surface area contributed by atoms with E-state index in [9.17, 15) is 4.79 Å². The van der Waals surface area contributed by atoms with E-state index in [1.54, 1.807) is 7.05 Å². The Kier molecular flexibility index (Phi) is 5.49. The van der Waals surface area contributed by atoms with E-state index in [0.29, 0.717) is 6.04 Å². The molecule has 20 heavy (non-hydrogen) atoms. The number of amides is 1. The summed E-state index contributed by atoms with van der Waals surface area (Å²) in [6.45, 7) is 0.958. The molecular formula is C16H24N2OS. The smallest absolute Gasteiger partial charge is 0.251 e. The molecule has 0 radical (unpaired) electrons. The van der Waals surface area contributed by atoms with Crippen LogP contribution in [0.3, 0.4) is 0 Å². The predicted octanol–water partition coefficient (Wildman–Crippen LogP) is 2.76. The Labute approximate surface area is 126 Å². The van der Waals surface area contributed by atoms with Crippen LogP contribution >= 0.6 is 11.8 Å². The minimum atomic E-state index is -0.0245. The zero-order chi connectivity index (χ0) is 14.5. The third-order valence-electron chi connectivity index (χ3n) is 4.19. The molecule has 0 heterocycles. The molecule has 1 fully saturated rings. The number of nitrogens with one attached hydrogen (secondary N) is 1. The SMILES string of the molecule is CNC(=O)c1ccc(CN(C)[C@@H]2CC[C@H](SC)C2)cc1. The van der Waals surface area contributed by atoms with Crippen molar-refractivity contribution >= 4 is 17.7 Å². The third-order valence-corrected chi connectivity index (χ3v) is 5.28. The maximum atomic E-state index is 11.5. The molecule has 1 aromatic rings. The fourth-order valence-corrected chi connectivity index (χ4v) is 3.64. The highest BCUT2D eigenvalue weighted by atomic mass is 32.2. The minimum absolute atomic E-state index is 0.0245. The second-order valence-corrected chi connectivity index (χ2v) is 6.65. The summed E-state index contributed by atoms with van der Waals surface area (Å²) >= 11 is 2.00.